The first kappa shape index (κ1) is 14.4. The average molecular weight is 321 g/mol. The topological polar surface area (TPSA) is 81.4 Å². The van der Waals surface area contributed by atoms with Crippen LogP contribution >= 0.6 is 11.3 Å². The first-order valence-electron chi connectivity index (χ1n) is 6.51. The van der Waals surface area contributed by atoms with Crippen molar-refractivity contribution in [2.45, 2.75) is 6.42 Å². The average Bonchev–Trinajstić information content (AvgIpc) is 3.08. The number of hydrogen-bond acceptors (Lipinski definition) is 6. The van der Waals surface area contributed by atoms with Crippen LogP contribution < -0.4 is 10.1 Å². The van der Waals surface area contributed by atoms with E-state index in [9.17, 15) is 9.18 Å². The van der Waals surface area contributed by atoms with Gasteiger partial charge in [-0.15, -0.1) is 10.2 Å². The highest BCUT2D eigenvalue weighted by Crippen LogP contribution is 2.12. The van der Waals surface area contributed by atoms with E-state index in [1.165, 1.54) is 41.9 Å². The van der Waals surface area contributed by atoms with Crippen molar-refractivity contribution in [3.63, 3.8) is 0 Å². The van der Waals surface area contributed by atoms with Gasteiger partial charge in [0.05, 0.1) is 0 Å². The minimum Gasteiger partial charge on any atom is -0.484 e. The lowest BCUT2D eigenvalue weighted by atomic mass is 10.3. The maximum absolute atomic E-state index is 12.7. The second kappa shape index (κ2) is 6.48. The predicted molar refractivity (Wildman–Crippen MR) is 77.3 cm³/mol. The zero-order valence-corrected chi connectivity index (χ0v) is 12.2. The molecular weight excluding hydrogens is 309 g/mol. The van der Waals surface area contributed by atoms with Gasteiger partial charge in [-0.1, -0.05) is 11.3 Å². The smallest absolute Gasteiger partial charge is 0.257 e. The Bertz CT molecular complexity index is 742. The number of nitrogens with zero attached hydrogens (tertiary/aromatic N) is 4. The van der Waals surface area contributed by atoms with E-state index in [0.717, 1.165) is 9.97 Å². The van der Waals surface area contributed by atoms with E-state index in [-0.39, 0.29) is 18.3 Å². The molecule has 0 bridgehead atoms. The molecule has 1 amide bonds. The number of fused-ring (bicyclic) bond motifs is 1. The number of amides is 1. The number of carbonyl (C=O) groups is 1. The SMILES string of the molecule is O=C(COc1ccc(F)cc1)NCCc1nn2cnnc2s1. The first-order chi connectivity index (χ1) is 10.7. The molecule has 22 heavy (non-hydrogen) atoms. The molecular formula is C13H12FN5O2S. The van der Waals surface area contributed by atoms with Crippen molar-refractivity contribution in [2.24, 2.45) is 0 Å². The van der Waals surface area contributed by atoms with Gasteiger partial charge in [-0.2, -0.15) is 9.61 Å². The lowest BCUT2D eigenvalue weighted by Crippen LogP contribution is -2.30. The number of ether oxygens (including phenoxy) is 1. The Morgan fingerprint density at radius 2 is 2.18 bits per heavy atom. The molecule has 2 heterocycles. The minimum absolute atomic E-state index is 0.114. The number of hydrogen-bond donors (Lipinski definition) is 1. The van der Waals surface area contributed by atoms with E-state index in [2.05, 4.69) is 20.6 Å². The lowest BCUT2D eigenvalue weighted by molar-refractivity contribution is -0.123. The predicted octanol–water partition coefficient (Wildman–Crippen LogP) is 1.06. The van der Waals surface area contributed by atoms with Gasteiger partial charge < -0.3 is 10.1 Å². The molecule has 2 aromatic heterocycles. The van der Waals surface area contributed by atoms with Crippen LogP contribution in [0.1, 0.15) is 5.01 Å². The molecule has 1 N–H and O–H groups in total. The number of benzene rings is 1. The summed E-state index contributed by atoms with van der Waals surface area (Å²) >= 11 is 1.43. The Balaban J connectivity index is 1.40. The summed E-state index contributed by atoms with van der Waals surface area (Å²) in [5.74, 6) is -0.140. The highest BCUT2D eigenvalue weighted by Gasteiger charge is 2.07. The third-order valence-corrected chi connectivity index (χ3v) is 3.75. The van der Waals surface area contributed by atoms with Crippen LogP contribution in [0.3, 0.4) is 0 Å². The third kappa shape index (κ3) is 3.55. The number of rotatable bonds is 6. The molecule has 0 aliphatic carbocycles. The molecule has 7 nitrogen and oxygen atoms in total. The van der Waals surface area contributed by atoms with Gasteiger partial charge in [0.25, 0.3) is 5.91 Å². The Kier molecular flexibility index (Phi) is 4.24. The summed E-state index contributed by atoms with van der Waals surface area (Å²) in [5, 5.41) is 15.5. The third-order valence-electron chi connectivity index (χ3n) is 2.77. The fourth-order valence-corrected chi connectivity index (χ4v) is 2.55. The molecule has 114 valence electrons. The largest absolute Gasteiger partial charge is 0.484 e. The minimum atomic E-state index is -0.346. The van der Waals surface area contributed by atoms with Gasteiger partial charge in [-0.3, -0.25) is 4.79 Å². The van der Waals surface area contributed by atoms with Crippen LogP contribution in [0.2, 0.25) is 0 Å². The van der Waals surface area contributed by atoms with Gasteiger partial charge >= 0.3 is 0 Å². The van der Waals surface area contributed by atoms with E-state index in [1.807, 2.05) is 0 Å². The van der Waals surface area contributed by atoms with Crippen LogP contribution in [0.4, 0.5) is 4.39 Å². The number of carbonyl (C=O) groups excluding carboxylic acids is 1. The molecule has 0 radical (unpaired) electrons. The van der Waals surface area contributed by atoms with Crippen LogP contribution in [0, 0.1) is 5.82 Å². The quantitative estimate of drug-likeness (QED) is 0.734. The summed E-state index contributed by atoms with van der Waals surface area (Å²) in [7, 11) is 0. The Morgan fingerprint density at radius 1 is 1.36 bits per heavy atom. The molecule has 0 aliphatic rings. The molecule has 3 rings (SSSR count). The summed E-state index contributed by atoms with van der Waals surface area (Å²) in [6.07, 6.45) is 2.14. The Morgan fingerprint density at radius 3 is 2.95 bits per heavy atom. The molecule has 3 aromatic rings. The Hall–Kier alpha value is -2.55. The fraction of sp³-hybridized carbons (Fsp3) is 0.231. The molecule has 0 unspecified atom stereocenters. The van der Waals surface area contributed by atoms with Gasteiger partial charge in [-0.05, 0) is 24.3 Å². The van der Waals surface area contributed by atoms with E-state index in [0.29, 0.717) is 18.7 Å². The maximum atomic E-state index is 12.7. The zero-order valence-electron chi connectivity index (χ0n) is 11.4. The molecule has 0 fully saturated rings. The number of aromatic nitrogens is 4. The van der Waals surface area contributed by atoms with E-state index in [4.69, 9.17) is 4.74 Å². The standard InChI is InChI=1S/C13H12FN5O2S/c14-9-1-3-10(4-2-9)21-7-11(20)15-6-5-12-18-19-8-16-17-13(19)22-12/h1-4,8H,5-7H2,(H,15,20). The molecule has 0 atom stereocenters. The van der Waals surface area contributed by atoms with Crippen molar-refractivity contribution in [1.29, 1.82) is 0 Å². The number of halogens is 1. The van der Waals surface area contributed by atoms with Crippen LogP contribution in [0.15, 0.2) is 30.6 Å². The van der Waals surface area contributed by atoms with Gasteiger partial charge in [0, 0.05) is 13.0 Å². The molecule has 9 heteroatoms. The summed E-state index contributed by atoms with van der Waals surface area (Å²) in [6, 6.07) is 5.51. The molecule has 0 aliphatic heterocycles. The molecule has 0 saturated carbocycles. The van der Waals surface area contributed by atoms with Crippen LogP contribution in [-0.2, 0) is 11.2 Å². The van der Waals surface area contributed by atoms with Crippen LogP contribution in [0.25, 0.3) is 4.96 Å². The summed E-state index contributed by atoms with van der Waals surface area (Å²) in [4.78, 5) is 12.4. The zero-order chi connectivity index (χ0) is 15.4. The van der Waals surface area contributed by atoms with Gasteiger partial charge in [0.15, 0.2) is 6.61 Å². The van der Waals surface area contributed by atoms with Gasteiger partial charge in [0.2, 0.25) is 4.96 Å². The number of nitrogens with one attached hydrogen (secondary N) is 1. The van der Waals surface area contributed by atoms with Crippen molar-refractivity contribution < 1.29 is 13.9 Å². The monoisotopic (exact) mass is 321 g/mol. The van der Waals surface area contributed by atoms with E-state index >= 15 is 0 Å². The normalized spacial score (nSPS) is 10.8. The second-order valence-corrected chi connectivity index (χ2v) is 5.44. The molecule has 0 spiro atoms. The van der Waals surface area contributed by atoms with Crippen LogP contribution in [-0.4, -0.2) is 38.9 Å². The highest BCUT2D eigenvalue weighted by atomic mass is 32.1. The van der Waals surface area contributed by atoms with E-state index in [1.54, 1.807) is 4.52 Å². The van der Waals surface area contributed by atoms with Crippen molar-refractivity contribution in [2.75, 3.05) is 13.2 Å². The van der Waals surface area contributed by atoms with Crippen LogP contribution in [0.5, 0.6) is 5.75 Å². The summed E-state index contributed by atoms with van der Waals surface area (Å²) in [6.45, 7) is 0.340. The highest BCUT2D eigenvalue weighted by molar-refractivity contribution is 7.16. The Labute approximate surface area is 128 Å². The summed E-state index contributed by atoms with van der Waals surface area (Å²) in [5.41, 5.74) is 0. The molecule has 1 aromatic carbocycles. The summed E-state index contributed by atoms with van der Waals surface area (Å²) < 4.78 is 19.6. The van der Waals surface area contributed by atoms with Crippen molar-refractivity contribution >= 4 is 22.2 Å². The maximum Gasteiger partial charge on any atom is 0.257 e. The van der Waals surface area contributed by atoms with Crippen molar-refractivity contribution in [1.82, 2.24) is 25.1 Å². The fourth-order valence-electron chi connectivity index (χ4n) is 1.74. The van der Waals surface area contributed by atoms with Gasteiger partial charge in [0.1, 0.15) is 22.9 Å². The van der Waals surface area contributed by atoms with Gasteiger partial charge in [-0.25, -0.2) is 4.39 Å². The molecule has 0 saturated heterocycles. The van der Waals surface area contributed by atoms with E-state index < -0.39 is 0 Å². The lowest BCUT2D eigenvalue weighted by Gasteiger charge is -2.06. The first-order valence-corrected chi connectivity index (χ1v) is 7.33. The van der Waals surface area contributed by atoms with Crippen molar-refractivity contribution in [3.8, 4) is 5.75 Å². The second-order valence-electron chi connectivity index (χ2n) is 4.40. The van der Waals surface area contributed by atoms with Crippen molar-refractivity contribution in [3.05, 3.63) is 41.4 Å².